The molecular formula is C15H25NO3. The summed E-state index contributed by atoms with van der Waals surface area (Å²) in [6, 6.07) is 0.316. The lowest BCUT2D eigenvalue weighted by atomic mass is 9.96. The second-order valence-electron chi connectivity index (χ2n) is 6.10. The fourth-order valence-corrected chi connectivity index (χ4v) is 3.36. The Bertz CT molecular complexity index is 321. The number of amides is 1. The van der Waals surface area contributed by atoms with E-state index in [0.29, 0.717) is 18.9 Å². The van der Waals surface area contributed by atoms with Crippen molar-refractivity contribution in [1.29, 1.82) is 0 Å². The van der Waals surface area contributed by atoms with Crippen molar-refractivity contribution in [3.8, 4) is 0 Å². The standard InChI is InChI=1S/C15H25NO3/c17-14(11-8-9-12(10-11)15(18)19)16-13-6-4-2-1-3-5-7-13/h11-13H,1-10H2,(H,16,17)(H,18,19)/t11-,12+/m0/s1. The van der Waals surface area contributed by atoms with Gasteiger partial charge in [0.25, 0.3) is 0 Å². The molecule has 0 unspecified atom stereocenters. The Balaban J connectivity index is 1.78. The Morgan fingerprint density at radius 1 is 0.842 bits per heavy atom. The summed E-state index contributed by atoms with van der Waals surface area (Å²) in [4.78, 5) is 23.1. The van der Waals surface area contributed by atoms with Crippen LogP contribution in [0.5, 0.6) is 0 Å². The van der Waals surface area contributed by atoms with E-state index >= 15 is 0 Å². The van der Waals surface area contributed by atoms with Gasteiger partial charge >= 0.3 is 5.97 Å². The van der Waals surface area contributed by atoms with Gasteiger partial charge in [0.05, 0.1) is 5.92 Å². The van der Waals surface area contributed by atoms with Crippen LogP contribution in [-0.2, 0) is 9.59 Å². The molecule has 2 saturated carbocycles. The highest BCUT2D eigenvalue weighted by molar-refractivity contribution is 5.81. The molecule has 2 atom stereocenters. The van der Waals surface area contributed by atoms with Gasteiger partial charge in [-0.1, -0.05) is 32.1 Å². The number of carboxylic acids is 1. The van der Waals surface area contributed by atoms with Crippen molar-refractivity contribution in [2.75, 3.05) is 0 Å². The van der Waals surface area contributed by atoms with Crippen LogP contribution in [0.15, 0.2) is 0 Å². The quantitative estimate of drug-likeness (QED) is 0.826. The summed E-state index contributed by atoms with van der Waals surface area (Å²) in [6.45, 7) is 0. The van der Waals surface area contributed by atoms with E-state index in [-0.39, 0.29) is 17.7 Å². The predicted octanol–water partition coefficient (Wildman–Crippen LogP) is 2.72. The molecule has 2 N–H and O–H groups in total. The van der Waals surface area contributed by atoms with E-state index in [2.05, 4.69) is 5.32 Å². The third kappa shape index (κ3) is 4.22. The van der Waals surface area contributed by atoms with Gasteiger partial charge < -0.3 is 10.4 Å². The predicted molar refractivity (Wildman–Crippen MR) is 72.7 cm³/mol. The van der Waals surface area contributed by atoms with Crippen LogP contribution >= 0.6 is 0 Å². The van der Waals surface area contributed by atoms with Crippen molar-refractivity contribution < 1.29 is 14.7 Å². The van der Waals surface area contributed by atoms with Gasteiger partial charge in [0.1, 0.15) is 0 Å². The molecule has 0 spiro atoms. The van der Waals surface area contributed by atoms with Crippen molar-refractivity contribution in [1.82, 2.24) is 5.32 Å². The first-order chi connectivity index (χ1) is 9.16. The molecule has 2 rings (SSSR count). The van der Waals surface area contributed by atoms with Crippen molar-refractivity contribution >= 4 is 11.9 Å². The highest BCUT2D eigenvalue weighted by Crippen LogP contribution is 2.31. The fraction of sp³-hybridized carbons (Fsp3) is 0.867. The molecule has 0 aromatic carbocycles. The molecule has 0 aromatic heterocycles. The largest absolute Gasteiger partial charge is 0.481 e. The lowest BCUT2D eigenvalue weighted by Gasteiger charge is -2.22. The van der Waals surface area contributed by atoms with E-state index in [1.807, 2.05) is 0 Å². The van der Waals surface area contributed by atoms with Crippen molar-refractivity contribution in [2.45, 2.75) is 70.3 Å². The molecule has 4 nitrogen and oxygen atoms in total. The molecule has 0 heterocycles. The van der Waals surface area contributed by atoms with Gasteiger partial charge in [-0.05, 0) is 32.1 Å². The van der Waals surface area contributed by atoms with Crippen molar-refractivity contribution in [3.05, 3.63) is 0 Å². The van der Waals surface area contributed by atoms with Gasteiger partial charge in [-0.25, -0.2) is 0 Å². The Kier molecular flexibility index (Phi) is 5.23. The number of hydrogen-bond donors (Lipinski definition) is 2. The number of carboxylic acid groups (broad SMARTS) is 1. The van der Waals surface area contributed by atoms with E-state index in [1.54, 1.807) is 0 Å². The van der Waals surface area contributed by atoms with Crippen molar-refractivity contribution in [3.63, 3.8) is 0 Å². The Hall–Kier alpha value is -1.06. The number of nitrogens with one attached hydrogen (secondary N) is 1. The highest BCUT2D eigenvalue weighted by atomic mass is 16.4. The molecule has 4 heteroatoms. The number of aliphatic carboxylic acids is 1. The monoisotopic (exact) mass is 267 g/mol. The van der Waals surface area contributed by atoms with Gasteiger partial charge in [-0.15, -0.1) is 0 Å². The van der Waals surface area contributed by atoms with E-state index in [4.69, 9.17) is 5.11 Å². The molecule has 0 aromatic rings. The number of carbonyl (C=O) groups is 2. The zero-order valence-electron chi connectivity index (χ0n) is 11.6. The van der Waals surface area contributed by atoms with Crippen LogP contribution in [0.3, 0.4) is 0 Å². The maximum atomic E-state index is 12.2. The van der Waals surface area contributed by atoms with Crippen LogP contribution in [0, 0.1) is 11.8 Å². The molecule has 0 saturated heterocycles. The molecule has 2 fully saturated rings. The second-order valence-corrected chi connectivity index (χ2v) is 6.10. The molecule has 108 valence electrons. The number of rotatable bonds is 3. The summed E-state index contributed by atoms with van der Waals surface area (Å²) in [5.41, 5.74) is 0. The van der Waals surface area contributed by atoms with Gasteiger partial charge in [-0.2, -0.15) is 0 Å². The van der Waals surface area contributed by atoms with Crippen LogP contribution < -0.4 is 5.32 Å². The normalized spacial score (nSPS) is 29.5. The van der Waals surface area contributed by atoms with E-state index in [9.17, 15) is 9.59 Å². The summed E-state index contributed by atoms with van der Waals surface area (Å²) in [7, 11) is 0. The van der Waals surface area contributed by atoms with Crippen LogP contribution in [0.2, 0.25) is 0 Å². The average Bonchev–Trinajstić information content (AvgIpc) is 2.82. The summed E-state index contributed by atoms with van der Waals surface area (Å²) in [5, 5.41) is 12.1. The zero-order chi connectivity index (χ0) is 13.7. The lowest BCUT2D eigenvalue weighted by molar-refractivity contribution is -0.141. The molecule has 0 aliphatic heterocycles. The summed E-state index contributed by atoms with van der Waals surface area (Å²) >= 11 is 0. The Labute approximate surface area is 115 Å². The Morgan fingerprint density at radius 3 is 2.00 bits per heavy atom. The third-order valence-corrected chi connectivity index (χ3v) is 4.60. The molecule has 0 radical (unpaired) electrons. The maximum Gasteiger partial charge on any atom is 0.306 e. The summed E-state index contributed by atoms with van der Waals surface area (Å²) < 4.78 is 0. The number of carbonyl (C=O) groups excluding carboxylic acids is 1. The lowest BCUT2D eigenvalue weighted by Crippen LogP contribution is -2.38. The first-order valence-corrected chi connectivity index (χ1v) is 7.70. The number of hydrogen-bond acceptors (Lipinski definition) is 2. The topological polar surface area (TPSA) is 66.4 Å². The van der Waals surface area contributed by atoms with Crippen LogP contribution in [0.4, 0.5) is 0 Å². The van der Waals surface area contributed by atoms with Gasteiger partial charge in [0, 0.05) is 12.0 Å². The minimum Gasteiger partial charge on any atom is -0.481 e. The fourth-order valence-electron chi connectivity index (χ4n) is 3.36. The minimum absolute atomic E-state index is 0.0773. The molecule has 2 aliphatic carbocycles. The molecular weight excluding hydrogens is 242 g/mol. The van der Waals surface area contributed by atoms with Gasteiger partial charge in [0.2, 0.25) is 5.91 Å². The minimum atomic E-state index is -0.749. The van der Waals surface area contributed by atoms with Gasteiger partial charge in [-0.3, -0.25) is 9.59 Å². The van der Waals surface area contributed by atoms with E-state index in [1.165, 1.54) is 32.1 Å². The van der Waals surface area contributed by atoms with Crippen LogP contribution in [0.25, 0.3) is 0 Å². The van der Waals surface area contributed by atoms with E-state index in [0.717, 1.165) is 19.3 Å². The maximum absolute atomic E-state index is 12.2. The average molecular weight is 267 g/mol. The zero-order valence-corrected chi connectivity index (χ0v) is 11.6. The van der Waals surface area contributed by atoms with Crippen molar-refractivity contribution in [2.24, 2.45) is 11.8 Å². The molecule has 0 bridgehead atoms. The first-order valence-electron chi connectivity index (χ1n) is 7.70. The molecule has 1 amide bonds. The summed E-state index contributed by atoms with van der Waals surface area (Å²) in [5.74, 6) is -1.05. The van der Waals surface area contributed by atoms with Gasteiger partial charge in [0.15, 0.2) is 0 Å². The van der Waals surface area contributed by atoms with E-state index < -0.39 is 5.97 Å². The first kappa shape index (κ1) is 14.4. The molecule has 19 heavy (non-hydrogen) atoms. The second kappa shape index (κ2) is 6.92. The third-order valence-electron chi connectivity index (χ3n) is 4.60. The van der Waals surface area contributed by atoms with Crippen LogP contribution in [0.1, 0.15) is 64.2 Å². The highest BCUT2D eigenvalue weighted by Gasteiger charge is 2.34. The SMILES string of the molecule is O=C(O)[C@@H]1CC[C@H](C(=O)NC2CCCCCCC2)C1. The Morgan fingerprint density at radius 2 is 1.42 bits per heavy atom. The van der Waals surface area contributed by atoms with Crippen LogP contribution in [-0.4, -0.2) is 23.0 Å². The summed E-state index contributed by atoms with van der Waals surface area (Å²) in [6.07, 6.45) is 10.3. The molecule has 2 aliphatic rings. The smallest absolute Gasteiger partial charge is 0.306 e.